The number of rotatable bonds is 9. The smallest absolute Gasteiger partial charge is 0.416 e. The molecule has 4 heterocycles. The Balaban J connectivity index is 1.34. The Bertz CT molecular complexity index is 1560. The molecule has 1 saturated heterocycles. The van der Waals surface area contributed by atoms with Crippen LogP contribution in [0.3, 0.4) is 0 Å². The first-order chi connectivity index (χ1) is 19.5. The fourth-order valence-corrected chi connectivity index (χ4v) is 7.13. The van der Waals surface area contributed by atoms with Crippen molar-refractivity contribution >= 4 is 75.0 Å². The number of nitrogens with zero attached hydrogens (tertiary/aromatic N) is 6. The molecule has 20 heteroatoms. The number of thioether (sulfide) groups is 2. The van der Waals surface area contributed by atoms with Crippen LogP contribution in [0.5, 0.6) is 5.75 Å². The lowest BCUT2D eigenvalue weighted by molar-refractivity contribution is -0.150. The zero-order valence-electron chi connectivity index (χ0n) is 20.1. The molecule has 5 rings (SSSR count). The Kier molecular flexibility index (Phi) is 8.16. The van der Waals surface area contributed by atoms with Gasteiger partial charge < -0.3 is 21.0 Å². The molecule has 2 atom stereocenters. The number of carbonyl (C=O) groups excluding carboxylic acids is 2. The normalized spacial score (nSPS) is 19.0. The number of amides is 2. The fraction of sp³-hybridized carbons (Fsp3) is 0.238. The standard InChI is InChI=1S/C21H15F3N8O5S4/c22-21(23,24)9-2-1-3-10(4-9)37-30-11(14-28-19(25)41-31-14)15(33)27-12-16(34)32-13(18(35)36)8(5-38-17(12)32)6-39-20-29-26-7-40-20/h1-4,7,12,17H,5-6H2,(H,27,33)(H,35,36)(H2,25,28,31)/b30-11-/t12?,17-/m1/s1. The van der Waals surface area contributed by atoms with Crippen LogP contribution in [0.4, 0.5) is 18.3 Å². The Morgan fingerprint density at radius 1 is 1.34 bits per heavy atom. The fourth-order valence-electron chi connectivity index (χ4n) is 3.72. The molecule has 0 radical (unpaired) electrons. The molecule has 2 aromatic heterocycles. The molecule has 41 heavy (non-hydrogen) atoms. The van der Waals surface area contributed by atoms with E-state index in [4.69, 9.17) is 10.6 Å². The van der Waals surface area contributed by atoms with Crippen LogP contribution in [0.25, 0.3) is 0 Å². The maximum atomic E-state index is 13.2. The highest BCUT2D eigenvalue weighted by molar-refractivity contribution is 8.01. The first kappa shape index (κ1) is 28.8. The number of hydrogen-bond acceptors (Lipinski definition) is 14. The van der Waals surface area contributed by atoms with Crippen LogP contribution < -0.4 is 15.9 Å². The highest BCUT2D eigenvalue weighted by Crippen LogP contribution is 2.41. The molecule has 214 valence electrons. The van der Waals surface area contributed by atoms with E-state index < -0.39 is 46.7 Å². The molecule has 0 aliphatic carbocycles. The topological polar surface area (TPSA) is 186 Å². The summed E-state index contributed by atoms with van der Waals surface area (Å²) < 4.78 is 43.7. The number of aromatic nitrogens is 4. The lowest BCUT2D eigenvalue weighted by Crippen LogP contribution is -2.71. The molecular formula is C21H15F3N8O5S4. The number of oxime groups is 1. The highest BCUT2D eigenvalue weighted by Gasteiger charge is 2.54. The summed E-state index contributed by atoms with van der Waals surface area (Å²) in [5.41, 5.74) is 5.95. The van der Waals surface area contributed by atoms with Gasteiger partial charge >= 0.3 is 12.1 Å². The number of carboxylic acid groups (broad SMARTS) is 1. The van der Waals surface area contributed by atoms with Crippen molar-refractivity contribution in [2.75, 3.05) is 17.2 Å². The Morgan fingerprint density at radius 3 is 2.80 bits per heavy atom. The molecule has 2 amide bonds. The molecule has 1 aromatic carbocycles. The van der Waals surface area contributed by atoms with Crippen molar-refractivity contribution in [3.63, 3.8) is 0 Å². The van der Waals surface area contributed by atoms with E-state index in [0.717, 1.165) is 28.6 Å². The molecule has 1 unspecified atom stereocenters. The number of aliphatic carboxylic acids is 1. The van der Waals surface area contributed by atoms with Gasteiger partial charge in [-0.05, 0) is 23.8 Å². The first-order valence-electron chi connectivity index (χ1n) is 11.1. The van der Waals surface area contributed by atoms with Gasteiger partial charge in [0.1, 0.15) is 22.6 Å². The van der Waals surface area contributed by atoms with Crippen molar-refractivity contribution < 1.29 is 37.5 Å². The Morgan fingerprint density at radius 2 is 2.15 bits per heavy atom. The average Bonchev–Trinajstić information content (AvgIpc) is 3.61. The van der Waals surface area contributed by atoms with Crippen molar-refractivity contribution in [1.82, 2.24) is 29.8 Å². The number of benzene rings is 1. The van der Waals surface area contributed by atoms with E-state index in [9.17, 15) is 32.7 Å². The number of carboxylic acids is 1. The maximum Gasteiger partial charge on any atom is 0.416 e. The molecule has 4 N–H and O–H groups in total. The zero-order chi connectivity index (χ0) is 29.3. The summed E-state index contributed by atoms with van der Waals surface area (Å²) in [5, 5.41) is 22.9. The van der Waals surface area contributed by atoms with E-state index in [1.54, 1.807) is 5.51 Å². The number of alkyl halides is 3. The quantitative estimate of drug-likeness (QED) is 0.134. The third-order valence-electron chi connectivity index (χ3n) is 5.52. The van der Waals surface area contributed by atoms with Crippen LogP contribution in [0.2, 0.25) is 0 Å². The van der Waals surface area contributed by atoms with Crippen molar-refractivity contribution in [3.8, 4) is 5.75 Å². The van der Waals surface area contributed by atoms with Gasteiger partial charge in [-0.1, -0.05) is 34.3 Å². The second-order valence-corrected chi connectivity index (χ2v) is 12.1. The number of nitrogens with one attached hydrogen (secondary N) is 1. The molecule has 2 aliphatic heterocycles. The van der Waals surface area contributed by atoms with Gasteiger partial charge in [0.15, 0.2) is 15.2 Å². The Hall–Kier alpha value is -3.75. The van der Waals surface area contributed by atoms with E-state index in [2.05, 4.69) is 30.0 Å². The largest absolute Gasteiger partial charge is 0.477 e. The van der Waals surface area contributed by atoms with Gasteiger partial charge in [-0.15, -0.1) is 22.0 Å². The minimum Gasteiger partial charge on any atom is -0.477 e. The summed E-state index contributed by atoms with van der Waals surface area (Å²) in [7, 11) is 0. The van der Waals surface area contributed by atoms with E-state index in [-0.39, 0.29) is 33.9 Å². The lowest BCUT2D eigenvalue weighted by Gasteiger charge is -2.49. The number of carbonyl (C=O) groups is 3. The number of hydrogen-bond donors (Lipinski definition) is 3. The highest BCUT2D eigenvalue weighted by atomic mass is 32.2. The van der Waals surface area contributed by atoms with Crippen LogP contribution in [0, 0.1) is 0 Å². The van der Waals surface area contributed by atoms with Crippen molar-refractivity contribution in [2.45, 2.75) is 21.9 Å². The molecule has 0 bridgehead atoms. The third kappa shape index (κ3) is 6.14. The van der Waals surface area contributed by atoms with E-state index in [0.29, 0.717) is 16.0 Å². The number of fused-ring (bicyclic) bond motifs is 1. The maximum absolute atomic E-state index is 13.2. The van der Waals surface area contributed by atoms with Crippen LogP contribution >= 0.6 is 46.4 Å². The summed E-state index contributed by atoms with van der Waals surface area (Å²) in [6.07, 6.45) is -4.64. The van der Waals surface area contributed by atoms with Crippen molar-refractivity contribution in [1.29, 1.82) is 0 Å². The van der Waals surface area contributed by atoms with E-state index in [1.165, 1.54) is 40.9 Å². The number of anilines is 1. The molecule has 3 aromatic rings. The monoisotopic (exact) mass is 644 g/mol. The van der Waals surface area contributed by atoms with E-state index in [1.807, 2.05) is 0 Å². The molecule has 2 aliphatic rings. The predicted molar refractivity (Wildman–Crippen MR) is 143 cm³/mol. The number of nitrogens with two attached hydrogens (primary N) is 1. The molecule has 13 nitrogen and oxygen atoms in total. The minimum absolute atomic E-state index is 0.0246. The van der Waals surface area contributed by atoms with Gasteiger partial charge in [-0.2, -0.15) is 22.5 Å². The molecule has 1 fully saturated rings. The van der Waals surface area contributed by atoms with Gasteiger partial charge in [-0.3, -0.25) is 14.5 Å². The second-order valence-electron chi connectivity index (χ2n) is 8.12. The molecular weight excluding hydrogens is 630 g/mol. The number of nitrogen functional groups attached to an aromatic ring is 1. The predicted octanol–water partition coefficient (Wildman–Crippen LogP) is 2.30. The molecule has 0 saturated carbocycles. The lowest BCUT2D eigenvalue weighted by atomic mass is 10.0. The van der Waals surface area contributed by atoms with Gasteiger partial charge in [0.05, 0.1) is 5.56 Å². The third-order valence-corrected chi connectivity index (χ3v) is 9.35. The van der Waals surface area contributed by atoms with Crippen LogP contribution in [0.15, 0.2) is 50.5 Å². The van der Waals surface area contributed by atoms with Gasteiger partial charge in [-0.25, -0.2) is 4.79 Å². The molecule has 0 spiro atoms. The van der Waals surface area contributed by atoms with Crippen molar-refractivity contribution in [3.05, 3.63) is 52.4 Å². The summed E-state index contributed by atoms with van der Waals surface area (Å²) in [6.45, 7) is 0. The zero-order valence-corrected chi connectivity index (χ0v) is 23.3. The van der Waals surface area contributed by atoms with Gasteiger partial charge in [0.25, 0.3) is 11.8 Å². The SMILES string of the molecule is Nc1nc(/C(=N/Oc2cccc(C(F)(F)F)c2)C(=O)NC2C(=O)N3C(C(=O)O)=C(CSc4nncs4)CS[C@H]23)ns1. The second kappa shape index (κ2) is 11.6. The van der Waals surface area contributed by atoms with Gasteiger partial charge in [0.2, 0.25) is 11.5 Å². The van der Waals surface area contributed by atoms with Crippen LogP contribution in [-0.2, 0) is 20.6 Å². The minimum atomic E-state index is -4.64. The summed E-state index contributed by atoms with van der Waals surface area (Å²) in [5.74, 6) is -2.99. The summed E-state index contributed by atoms with van der Waals surface area (Å²) >= 11 is 4.58. The van der Waals surface area contributed by atoms with Crippen molar-refractivity contribution in [2.24, 2.45) is 5.16 Å². The average molecular weight is 645 g/mol. The van der Waals surface area contributed by atoms with Crippen LogP contribution in [0.1, 0.15) is 11.4 Å². The first-order valence-corrected chi connectivity index (χ1v) is 14.8. The van der Waals surface area contributed by atoms with Gasteiger partial charge in [0, 0.05) is 23.0 Å². The summed E-state index contributed by atoms with van der Waals surface area (Å²) in [6, 6.07) is 2.69. The Labute approximate surface area is 244 Å². The van der Waals surface area contributed by atoms with Crippen LogP contribution in [-0.4, -0.2) is 76.0 Å². The number of halogens is 3. The van der Waals surface area contributed by atoms with E-state index >= 15 is 0 Å². The summed E-state index contributed by atoms with van der Waals surface area (Å²) in [4.78, 5) is 48.4. The number of β-lactam (4-membered cyclic amide) rings is 1.